The summed E-state index contributed by atoms with van der Waals surface area (Å²) in [6, 6.07) is 11.5. The molecule has 7 heteroatoms. The van der Waals surface area contributed by atoms with Crippen molar-refractivity contribution in [1.82, 2.24) is 0 Å². The van der Waals surface area contributed by atoms with Gasteiger partial charge in [-0.05, 0) is 85.3 Å². The summed E-state index contributed by atoms with van der Waals surface area (Å²) in [5.74, 6) is 2.48. The number of phenolic OH excluding ortho intramolecular Hbond substituents is 1. The average molecular weight is 465 g/mol. The van der Waals surface area contributed by atoms with Gasteiger partial charge in [0.2, 0.25) is 0 Å². The van der Waals surface area contributed by atoms with Gasteiger partial charge in [-0.1, -0.05) is 29.4 Å². The van der Waals surface area contributed by atoms with Crippen molar-refractivity contribution in [3.05, 3.63) is 53.1 Å². The number of fused-ring (bicyclic) bond motifs is 5. The van der Waals surface area contributed by atoms with E-state index in [1.165, 1.54) is 0 Å². The molecule has 3 aliphatic rings. The summed E-state index contributed by atoms with van der Waals surface area (Å²) >= 11 is 0. The lowest BCUT2D eigenvalue weighted by molar-refractivity contribution is 0.103. The van der Waals surface area contributed by atoms with Crippen LogP contribution in [-0.2, 0) is 11.4 Å². The van der Waals surface area contributed by atoms with Gasteiger partial charge in [0.15, 0.2) is 11.5 Å². The van der Waals surface area contributed by atoms with E-state index in [1.807, 2.05) is 30.3 Å². The van der Waals surface area contributed by atoms with Crippen molar-refractivity contribution < 1.29 is 24.6 Å². The largest absolute Gasteiger partial charge is 0.504 e. The van der Waals surface area contributed by atoms with Crippen LogP contribution in [0.1, 0.15) is 61.6 Å². The Labute approximate surface area is 200 Å². The topological polar surface area (TPSA) is 92.9 Å². The van der Waals surface area contributed by atoms with Gasteiger partial charge in [0.05, 0.1) is 25.6 Å². The van der Waals surface area contributed by atoms with Gasteiger partial charge in [0.25, 0.3) is 0 Å². The first-order chi connectivity index (χ1) is 16.5. The van der Waals surface area contributed by atoms with Crippen LogP contribution in [0.3, 0.4) is 0 Å². The second-order valence-electron chi connectivity index (χ2n) is 9.90. The molecule has 0 spiro atoms. The maximum absolute atomic E-state index is 10.5. The van der Waals surface area contributed by atoms with Crippen LogP contribution >= 0.6 is 0 Å². The van der Waals surface area contributed by atoms with Crippen molar-refractivity contribution in [2.75, 3.05) is 14.2 Å². The van der Waals surface area contributed by atoms with E-state index in [2.05, 4.69) is 17.2 Å². The highest BCUT2D eigenvalue weighted by molar-refractivity contribution is 6.04. The van der Waals surface area contributed by atoms with Crippen molar-refractivity contribution in [2.24, 2.45) is 27.6 Å². The second-order valence-corrected chi connectivity index (χ2v) is 9.90. The minimum atomic E-state index is -0.0824. The fourth-order valence-corrected chi connectivity index (χ4v) is 6.58. The van der Waals surface area contributed by atoms with Crippen LogP contribution in [0.4, 0.5) is 0 Å². The lowest BCUT2D eigenvalue weighted by Crippen LogP contribution is -2.43. The molecule has 0 aliphatic heterocycles. The molecule has 2 fully saturated rings. The molecular weight excluding hydrogens is 432 g/mol. The van der Waals surface area contributed by atoms with Crippen LogP contribution in [-0.4, -0.2) is 36.0 Å². The van der Waals surface area contributed by atoms with Crippen molar-refractivity contribution in [1.29, 1.82) is 0 Å². The molecule has 5 rings (SSSR count). The Morgan fingerprint density at radius 2 is 1.97 bits per heavy atom. The second kappa shape index (κ2) is 8.85. The van der Waals surface area contributed by atoms with Gasteiger partial charge in [-0.25, -0.2) is 0 Å². The van der Waals surface area contributed by atoms with Crippen LogP contribution in [0.25, 0.3) is 0 Å². The number of aromatic hydroxyl groups is 1. The van der Waals surface area contributed by atoms with Gasteiger partial charge in [0.1, 0.15) is 12.4 Å². The highest BCUT2D eigenvalue weighted by atomic mass is 16.6. The molecule has 0 bridgehead atoms. The van der Waals surface area contributed by atoms with E-state index >= 15 is 0 Å². The Morgan fingerprint density at radius 1 is 1.12 bits per heavy atom. The third-order valence-electron chi connectivity index (χ3n) is 8.33. The quantitative estimate of drug-likeness (QED) is 0.452. The maximum Gasteiger partial charge on any atom is 0.160 e. The molecule has 3 aliphatic carbocycles. The Bertz CT molecular complexity index is 1140. The molecule has 0 radical (unpaired) electrons. The lowest BCUT2D eigenvalue weighted by Gasteiger charge is -2.48. The minimum absolute atomic E-state index is 0.0824. The normalized spacial score (nSPS) is 29.9. The molecule has 2 aromatic rings. The van der Waals surface area contributed by atoms with Gasteiger partial charge in [-0.15, -0.1) is 0 Å². The summed E-state index contributed by atoms with van der Waals surface area (Å²) in [4.78, 5) is 5.83. The summed E-state index contributed by atoms with van der Waals surface area (Å²) in [7, 11) is 3.22. The van der Waals surface area contributed by atoms with Crippen LogP contribution in [0.2, 0.25) is 0 Å². The first-order valence-electron chi connectivity index (χ1n) is 11.9. The number of phenols is 1. The van der Waals surface area contributed by atoms with Crippen LogP contribution in [0.5, 0.6) is 17.2 Å². The number of hydrogen-bond acceptors (Lipinski definition) is 7. The summed E-state index contributed by atoms with van der Waals surface area (Å²) in [6.07, 6.45) is 4.60. The highest BCUT2D eigenvalue weighted by Crippen LogP contribution is 2.60. The van der Waals surface area contributed by atoms with Crippen LogP contribution in [0, 0.1) is 17.3 Å². The molecule has 34 heavy (non-hydrogen) atoms. The van der Waals surface area contributed by atoms with Crippen LogP contribution < -0.4 is 9.47 Å². The molecular formula is C27H32N2O5. The van der Waals surface area contributed by atoms with E-state index in [0.29, 0.717) is 30.1 Å². The molecule has 7 nitrogen and oxygen atoms in total. The number of nitrogens with zero attached hydrogens (tertiary/aromatic N) is 2. The van der Waals surface area contributed by atoms with Gasteiger partial charge in [0, 0.05) is 11.0 Å². The molecule has 4 atom stereocenters. The molecule has 0 aromatic heterocycles. The van der Waals surface area contributed by atoms with Gasteiger partial charge < -0.3 is 24.6 Å². The molecule has 2 N–H and O–H groups in total. The van der Waals surface area contributed by atoms with Crippen LogP contribution in [0.15, 0.2) is 46.7 Å². The Hall–Kier alpha value is -3.22. The first kappa shape index (κ1) is 22.6. The summed E-state index contributed by atoms with van der Waals surface area (Å²) in [5.41, 5.74) is 4.75. The van der Waals surface area contributed by atoms with Crippen molar-refractivity contribution in [3.63, 3.8) is 0 Å². The molecule has 2 saturated carbocycles. The zero-order chi connectivity index (χ0) is 23.9. The van der Waals surface area contributed by atoms with E-state index in [1.54, 1.807) is 20.3 Å². The summed E-state index contributed by atoms with van der Waals surface area (Å²) in [5, 5.41) is 28.4. The third-order valence-corrected chi connectivity index (χ3v) is 8.33. The minimum Gasteiger partial charge on any atom is -0.504 e. The van der Waals surface area contributed by atoms with E-state index in [9.17, 15) is 10.3 Å². The summed E-state index contributed by atoms with van der Waals surface area (Å²) in [6.45, 7) is 2.58. The monoisotopic (exact) mass is 464 g/mol. The molecule has 2 aromatic carbocycles. The number of methoxy groups -OCH3 is 2. The van der Waals surface area contributed by atoms with E-state index in [0.717, 1.165) is 66.0 Å². The molecule has 0 amide bonds. The highest BCUT2D eigenvalue weighted by Gasteiger charge is 2.54. The number of ether oxygens (including phenoxy) is 2. The van der Waals surface area contributed by atoms with E-state index in [4.69, 9.17) is 14.3 Å². The Balaban J connectivity index is 1.49. The molecule has 180 valence electrons. The first-order valence-corrected chi connectivity index (χ1v) is 11.9. The summed E-state index contributed by atoms with van der Waals surface area (Å²) < 4.78 is 10.7. The van der Waals surface area contributed by atoms with E-state index < -0.39 is 0 Å². The Morgan fingerprint density at radius 3 is 2.74 bits per heavy atom. The SMILES string of the molecule is COc1cccc(CO/N=C2\C[C@@H]3[C@H](CC[C@]4(C)/C(=N/O)CC[C@@H]34)c3cc(OC)c(O)cc32)c1. The number of rotatable bonds is 5. The molecule has 0 unspecified atom stereocenters. The predicted octanol–water partition coefficient (Wildman–Crippen LogP) is 5.47. The van der Waals surface area contributed by atoms with Gasteiger partial charge in [-0.2, -0.15) is 0 Å². The van der Waals surface area contributed by atoms with Gasteiger partial charge in [-0.3, -0.25) is 0 Å². The predicted molar refractivity (Wildman–Crippen MR) is 129 cm³/mol. The Kier molecular flexibility index (Phi) is 5.88. The number of benzene rings is 2. The smallest absolute Gasteiger partial charge is 0.160 e. The zero-order valence-corrected chi connectivity index (χ0v) is 20.0. The van der Waals surface area contributed by atoms with Crippen molar-refractivity contribution >= 4 is 11.4 Å². The molecule has 0 heterocycles. The third kappa shape index (κ3) is 3.67. The maximum atomic E-state index is 10.5. The zero-order valence-electron chi connectivity index (χ0n) is 20.0. The fraction of sp³-hybridized carbons (Fsp3) is 0.481. The van der Waals surface area contributed by atoms with Gasteiger partial charge >= 0.3 is 0 Å². The van der Waals surface area contributed by atoms with Crippen molar-refractivity contribution in [3.8, 4) is 17.2 Å². The number of oxime groups is 2. The molecule has 0 saturated heterocycles. The van der Waals surface area contributed by atoms with E-state index in [-0.39, 0.29) is 11.2 Å². The number of hydrogen-bond donors (Lipinski definition) is 2. The lowest BCUT2D eigenvalue weighted by atomic mass is 9.55. The average Bonchev–Trinajstić information content (AvgIpc) is 3.20. The standard InChI is InChI=1S/C27H32N2O5/c1-27-10-9-18-19-14-25(33-3)24(30)13-21(19)23(12-20(18)22(27)7-8-26(27)28-31)29-34-15-16-5-4-6-17(11-16)32-2/h4-6,11,13-14,18,20,22,30-31H,7-10,12,15H2,1-3H3/b28-26+,29-23+/t18-,20-,22+,27+/m1/s1. The fourth-order valence-electron chi connectivity index (χ4n) is 6.58. The van der Waals surface area contributed by atoms with Crippen molar-refractivity contribution in [2.45, 2.75) is 51.6 Å².